The standard InChI is InChI=1S/C17H14NO.C10H15.Fe/c19-17(16-12-7-13-18-16,14-8-3-1-4-9-14)15-10-5-2-6-11-15;1-6-7(2)9(4)10(5)8(6)3;/h1-13,19H;1-5H3;/q;;+2. The number of benzene rings is 2. The van der Waals surface area contributed by atoms with Gasteiger partial charge in [-0.25, -0.2) is 5.32 Å². The summed E-state index contributed by atoms with van der Waals surface area (Å²) in [7, 11) is 0. The number of hydrogen-bond donors (Lipinski definition) is 1. The fourth-order valence-corrected chi connectivity index (χ4v) is 3.74. The van der Waals surface area contributed by atoms with Crippen LogP contribution in [0, 0.1) is 55.0 Å². The van der Waals surface area contributed by atoms with Crippen molar-refractivity contribution in [1.29, 1.82) is 0 Å². The van der Waals surface area contributed by atoms with E-state index in [1.807, 2.05) is 73.5 Å². The van der Waals surface area contributed by atoms with Gasteiger partial charge in [-0.3, -0.25) is 0 Å². The zero-order chi connectivity index (χ0) is 21.0. The van der Waals surface area contributed by atoms with Gasteiger partial charge in [0.25, 0.3) is 0 Å². The van der Waals surface area contributed by atoms with Crippen LogP contribution in [0.4, 0.5) is 0 Å². The summed E-state index contributed by atoms with van der Waals surface area (Å²) in [5.41, 5.74) is 0.436. The van der Waals surface area contributed by atoms with Crippen molar-refractivity contribution in [1.82, 2.24) is 5.32 Å². The summed E-state index contributed by atoms with van der Waals surface area (Å²) in [4.78, 5) is 0. The van der Waals surface area contributed by atoms with E-state index in [0.29, 0.717) is 6.04 Å². The molecular weight excluding hydrogens is 410 g/mol. The fourth-order valence-electron chi connectivity index (χ4n) is 3.74. The first-order valence-corrected chi connectivity index (χ1v) is 9.98. The molecule has 0 amide bonds. The molecule has 2 aliphatic rings. The number of hydrogen-bond acceptors (Lipinski definition) is 1. The second-order valence-electron chi connectivity index (χ2n) is 7.59. The Bertz CT molecular complexity index is 660. The first kappa shape index (κ1) is 25.1. The Morgan fingerprint density at radius 2 is 1.00 bits per heavy atom. The third kappa shape index (κ3) is 5.02. The number of aliphatic hydroxyl groups is 1. The van der Waals surface area contributed by atoms with E-state index in [1.54, 1.807) is 6.54 Å². The summed E-state index contributed by atoms with van der Waals surface area (Å²) in [6, 6.07) is 19.9. The topological polar surface area (TPSA) is 34.3 Å². The van der Waals surface area contributed by atoms with E-state index < -0.39 is 5.60 Å². The predicted octanol–water partition coefficient (Wildman–Crippen LogP) is 5.61. The van der Waals surface area contributed by atoms with Crippen LogP contribution < -0.4 is 5.32 Å². The van der Waals surface area contributed by atoms with Gasteiger partial charge in [0, 0.05) is 6.54 Å². The molecule has 1 N–H and O–H groups in total. The molecule has 10 radical (unpaired) electrons. The van der Waals surface area contributed by atoms with Crippen molar-refractivity contribution < 1.29 is 22.2 Å². The summed E-state index contributed by atoms with van der Waals surface area (Å²) >= 11 is 0. The second-order valence-corrected chi connectivity index (χ2v) is 7.59. The molecule has 2 aromatic rings. The maximum absolute atomic E-state index is 11.3. The molecule has 0 spiro atoms. The average molecular weight is 439 g/mol. The van der Waals surface area contributed by atoms with E-state index in [4.69, 9.17) is 0 Å². The van der Waals surface area contributed by atoms with E-state index in [1.165, 1.54) is 29.6 Å². The summed E-state index contributed by atoms with van der Waals surface area (Å²) in [5, 5.41) is 15.5. The van der Waals surface area contributed by atoms with Crippen molar-refractivity contribution in [2.45, 2.75) is 40.2 Å². The molecule has 3 heteroatoms. The molecule has 2 nitrogen and oxygen atoms in total. The Kier molecular flexibility index (Phi) is 9.18. The summed E-state index contributed by atoms with van der Waals surface area (Å²) < 4.78 is 0. The van der Waals surface area contributed by atoms with E-state index in [0.717, 1.165) is 11.1 Å². The summed E-state index contributed by atoms with van der Waals surface area (Å²) in [6.45, 7) is 12.7. The third-order valence-electron chi connectivity index (χ3n) is 6.12. The maximum atomic E-state index is 11.3. The molecule has 2 fully saturated rings. The van der Waals surface area contributed by atoms with Gasteiger partial charge in [-0.1, -0.05) is 95.3 Å². The Balaban J connectivity index is 0.000000249. The van der Waals surface area contributed by atoms with Crippen molar-refractivity contribution in [2.24, 2.45) is 0 Å². The van der Waals surface area contributed by atoms with E-state index in [2.05, 4.69) is 39.9 Å². The average Bonchev–Trinajstić information content (AvgIpc) is 3.37. The maximum Gasteiger partial charge on any atom is 2.00 e. The molecule has 2 aromatic carbocycles. The van der Waals surface area contributed by atoms with Gasteiger partial charge in [0.05, 0.1) is 0 Å². The molecule has 4 rings (SSSR count). The molecular formula is C27H29FeNO+2. The van der Waals surface area contributed by atoms with Crippen LogP contribution in [-0.4, -0.2) is 5.11 Å². The predicted molar refractivity (Wildman–Crippen MR) is 119 cm³/mol. The zero-order valence-electron chi connectivity index (χ0n) is 18.3. The first-order chi connectivity index (χ1) is 13.9. The van der Waals surface area contributed by atoms with E-state index >= 15 is 0 Å². The molecule has 1 aliphatic carbocycles. The van der Waals surface area contributed by atoms with Crippen LogP contribution in [0.2, 0.25) is 0 Å². The van der Waals surface area contributed by atoms with Crippen LogP contribution in [0.15, 0.2) is 60.7 Å². The van der Waals surface area contributed by atoms with Crippen LogP contribution in [0.1, 0.15) is 45.7 Å². The van der Waals surface area contributed by atoms with Crippen LogP contribution in [0.3, 0.4) is 0 Å². The van der Waals surface area contributed by atoms with Crippen LogP contribution in [-0.2, 0) is 22.7 Å². The Labute approximate surface area is 194 Å². The SMILES string of the molecule is C[C]1[C](C)[C](C)[C](C)[C]1C.OC([C]1[CH][CH][CH][N]1)(c1ccccc1)c1ccccc1.[Fe+2]. The van der Waals surface area contributed by atoms with Gasteiger partial charge < -0.3 is 5.11 Å². The smallest absolute Gasteiger partial charge is 0.378 e. The Morgan fingerprint density at radius 3 is 1.30 bits per heavy atom. The van der Waals surface area contributed by atoms with Crippen molar-refractivity contribution in [3.63, 3.8) is 0 Å². The fraction of sp³-hybridized carbons (Fsp3) is 0.222. The number of nitrogens with zero attached hydrogens (tertiary/aromatic N) is 1. The Hall–Kier alpha value is -1.12. The minimum atomic E-state index is -1.20. The second kappa shape index (κ2) is 11.0. The molecule has 0 unspecified atom stereocenters. The molecule has 1 saturated heterocycles. The summed E-state index contributed by atoms with van der Waals surface area (Å²) in [5.74, 6) is 7.34. The number of rotatable bonds is 3. The molecule has 154 valence electrons. The van der Waals surface area contributed by atoms with E-state index in [-0.39, 0.29) is 17.1 Å². The molecule has 30 heavy (non-hydrogen) atoms. The van der Waals surface area contributed by atoms with Crippen molar-refractivity contribution >= 4 is 0 Å². The van der Waals surface area contributed by atoms with E-state index in [9.17, 15) is 5.11 Å². The summed E-state index contributed by atoms with van der Waals surface area (Å²) in [6.07, 6.45) is 3.69. The molecule has 0 aromatic heterocycles. The van der Waals surface area contributed by atoms with Crippen LogP contribution in [0.5, 0.6) is 0 Å². The normalized spacial score (nSPS) is 20.1. The van der Waals surface area contributed by atoms with Crippen LogP contribution >= 0.6 is 0 Å². The van der Waals surface area contributed by atoms with Crippen LogP contribution in [0.25, 0.3) is 0 Å². The minimum Gasteiger partial charge on any atom is -0.378 e. The Morgan fingerprint density at radius 1 is 0.633 bits per heavy atom. The molecule has 0 bridgehead atoms. The van der Waals surface area contributed by atoms with Gasteiger partial charge in [-0.05, 0) is 53.6 Å². The van der Waals surface area contributed by atoms with Gasteiger partial charge in [0.15, 0.2) is 0 Å². The van der Waals surface area contributed by atoms with Crippen molar-refractivity contribution in [2.75, 3.05) is 0 Å². The van der Waals surface area contributed by atoms with Gasteiger partial charge in [0.2, 0.25) is 0 Å². The minimum absolute atomic E-state index is 0. The van der Waals surface area contributed by atoms with Crippen molar-refractivity contribution in [3.05, 3.63) is 127 Å². The quantitative estimate of drug-likeness (QED) is 0.620. The third-order valence-corrected chi connectivity index (χ3v) is 6.12. The van der Waals surface area contributed by atoms with Gasteiger partial charge in [0.1, 0.15) is 11.6 Å². The zero-order valence-corrected chi connectivity index (χ0v) is 19.4. The molecule has 1 saturated carbocycles. The van der Waals surface area contributed by atoms with Gasteiger partial charge in [-0.15, -0.1) is 0 Å². The largest absolute Gasteiger partial charge is 2.00 e. The molecule has 0 atom stereocenters. The molecule has 1 heterocycles. The molecule has 1 aliphatic heterocycles. The monoisotopic (exact) mass is 439 g/mol. The first-order valence-electron chi connectivity index (χ1n) is 9.98. The van der Waals surface area contributed by atoms with Gasteiger partial charge in [-0.2, -0.15) is 0 Å². The van der Waals surface area contributed by atoms with Crippen molar-refractivity contribution in [3.8, 4) is 0 Å². The van der Waals surface area contributed by atoms with Gasteiger partial charge >= 0.3 is 17.1 Å².